The van der Waals surface area contributed by atoms with Gasteiger partial charge in [-0.05, 0) is 56.9 Å². The minimum Gasteiger partial charge on any atom is -0.481 e. The number of nitrogens with zero attached hydrogens (tertiary/aromatic N) is 1. The van der Waals surface area contributed by atoms with Gasteiger partial charge in [-0.2, -0.15) is 0 Å². The van der Waals surface area contributed by atoms with Crippen molar-refractivity contribution in [2.24, 2.45) is 0 Å². The van der Waals surface area contributed by atoms with E-state index < -0.39 is 47.2 Å². The number of hydrogen-bond acceptors (Lipinski definition) is 4. The number of carboxylic acids is 1. The molecule has 31 heavy (non-hydrogen) atoms. The van der Waals surface area contributed by atoms with Gasteiger partial charge in [0.1, 0.15) is 5.60 Å². The average Bonchev–Trinajstić information content (AvgIpc) is 2.80. The van der Waals surface area contributed by atoms with Crippen LogP contribution in [0.1, 0.15) is 74.7 Å². The first-order chi connectivity index (χ1) is 14.6. The highest BCUT2D eigenvalue weighted by Gasteiger charge is 2.37. The molecule has 8 heteroatoms. The number of rotatable bonds is 4. The number of carboxylic acid groups (broad SMARTS) is 1. The van der Waals surface area contributed by atoms with Crippen LogP contribution < -0.4 is 5.32 Å². The topological polar surface area (TPSA) is 88.5 Å². The number of aliphatic carboxylic acids is 1. The van der Waals surface area contributed by atoms with E-state index in [1.807, 2.05) is 0 Å². The van der Waals surface area contributed by atoms with Crippen LogP contribution in [0.2, 0.25) is 0 Å². The quantitative estimate of drug-likeness (QED) is 0.659. The van der Waals surface area contributed by atoms with Gasteiger partial charge in [0.25, 0.3) is 0 Å². The van der Waals surface area contributed by atoms with Gasteiger partial charge in [0.2, 0.25) is 0 Å². The van der Waals surface area contributed by atoms with Gasteiger partial charge in [0.15, 0.2) is 11.6 Å². The van der Waals surface area contributed by atoms with Crippen LogP contribution in [-0.4, -0.2) is 27.8 Å². The molecule has 0 saturated heterocycles. The van der Waals surface area contributed by atoms with Crippen molar-refractivity contribution in [1.82, 2.24) is 10.3 Å². The van der Waals surface area contributed by atoms with E-state index in [1.54, 1.807) is 39.1 Å². The molecule has 166 valence electrons. The molecule has 0 aliphatic heterocycles. The van der Waals surface area contributed by atoms with Crippen molar-refractivity contribution in [3.8, 4) is 0 Å². The first-order valence-corrected chi connectivity index (χ1v) is 10.2. The summed E-state index contributed by atoms with van der Waals surface area (Å²) in [5.41, 5.74) is 0.473. The first kappa shape index (κ1) is 22.7. The second-order valence-corrected chi connectivity index (χ2v) is 8.72. The minimum absolute atomic E-state index is 0.117. The van der Waals surface area contributed by atoms with Crippen LogP contribution in [0.15, 0.2) is 36.5 Å². The molecule has 2 N–H and O–H groups in total. The number of benzene rings is 1. The van der Waals surface area contributed by atoms with Gasteiger partial charge in [-0.25, -0.2) is 13.6 Å². The van der Waals surface area contributed by atoms with Crippen LogP contribution in [0.25, 0.3) is 0 Å². The van der Waals surface area contributed by atoms with Crippen molar-refractivity contribution >= 4 is 12.1 Å². The second kappa shape index (κ2) is 8.99. The van der Waals surface area contributed by atoms with Gasteiger partial charge in [-0.15, -0.1) is 0 Å². The van der Waals surface area contributed by atoms with Gasteiger partial charge >= 0.3 is 12.1 Å². The third-order valence-electron chi connectivity index (χ3n) is 5.30. The Labute approximate surface area is 179 Å². The highest BCUT2D eigenvalue weighted by Crippen LogP contribution is 2.45. The van der Waals surface area contributed by atoms with Gasteiger partial charge in [-0.1, -0.05) is 18.2 Å². The number of alkyl carbamates (subject to hydrolysis) is 1. The first-order valence-electron chi connectivity index (χ1n) is 10.2. The number of ether oxygens (including phenoxy) is 1. The minimum atomic E-state index is -0.981. The molecule has 2 aromatic rings. The molecule has 0 radical (unpaired) electrons. The SMILES string of the molecule is CC(C)(C)OC(=O)NC1c2cccnc2[C@@H](CC(=O)O)CC[C@H]1c1cccc(F)c1F. The van der Waals surface area contributed by atoms with E-state index in [1.165, 1.54) is 12.1 Å². The number of nitrogens with one attached hydrogen (secondary N) is 1. The van der Waals surface area contributed by atoms with E-state index in [9.17, 15) is 23.5 Å². The number of halogens is 2. The van der Waals surface area contributed by atoms with Gasteiger partial charge in [0.05, 0.1) is 12.5 Å². The van der Waals surface area contributed by atoms with Crippen molar-refractivity contribution in [2.75, 3.05) is 0 Å². The zero-order valence-electron chi connectivity index (χ0n) is 17.7. The van der Waals surface area contributed by atoms with Gasteiger partial charge < -0.3 is 15.2 Å². The number of amides is 1. The third kappa shape index (κ3) is 5.37. The normalized spacial score (nSPS) is 21.0. The van der Waals surface area contributed by atoms with E-state index in [2.05, 4.69) is 10.3 Å². The summed E-state index contributed by atoms with van der Waals surface area (Å²) in [7, 11) is 0. The van der Waals surface area contributed by atoms with Crippen LogP contribution in [-0.2, 0) is 9.53 Å². The Balaban J connectivity index is 2.10. The van der Waals surface area contributed by atoms with Crippen molar-refractivity contribution < 1.29 is 28.2 Å². The molecule has 1 aliphatic rings. The van der Waals surface area contributed by atoms with Crippen LogP contribution in [0.4, 0.5) is 13.6 Å². The van der Waals surface area contributed by atoms with Crippen LogP contribution in [0.3, 0.4) is 0 Å². The molecule has 3 rings (SSSR count). The van der Waals surface area contributed by atoms with E-state index in [-0.39, 0.29) is 12.0 Å². The lowest BCUT2D eigenvalue weighted by Gasteiger charge is -2.29. The zero-order chi connectivity index (χ0) is 22.8. The maximum atomic E-state index is 14.8. The average molecular weight is 432 g/mol. The van der Waals surface area contributed by atoms with Crippen molar-refractivity contribution in [3.05, 3.63) is 65.0 Å². The molecule has 1 aromatic carbocycles. The molecule has 1 amide bonds. The molecular formula is C23H26F2N2O4. The fourth-order valence-electron chi connectivity index (χ4n) is 4.10. The molecule has 3 atom stereocenters. The maximum Gasteiger partial charge on any atom is 0.408 e. The van der Waals surface area contributed by atoms with Gasteiger partial charge in [0, 0.05) is 23.7 Å². The monoisotopic (exact) mass is 432 g/mol. The Kier molecular flexibility index (Phi) is 6.57. The summed E-state index contributed by atoms with van der Waals surface area (Å²) < 4.78 is 34.2. The van der Waals surface area contributed by atoms with E-state index >= 15 is 0 Å². The van der Waals surface area contributed by atoms with Crippen molar-refractivity contribution in [2.45, 2.75) is 63.5 Å². The standard InChI is InChI=1S/C23H26F2N2O4/c1-23(2,3)31-22(30)27-21-15(14-6-4-8-17(24)19(14)25)10-9-13(12-18(28)29)20-16(21)7-5-11-26-20/h4-8,11,13,15,21H,9-10,12H2,1-3H3,(H,27,30)(H,28,29)/t13-,15+,21?/m1/s1. The Morgan fingerprint density at radius 2 is 1.87 bits per heavy atom. The van der Waals surface area contributed by atoms with Crippen molar-refractivity contribution in [3.63, 3.8) is 0 Å². The Bertz CT molecular complexity index is 974. The molecule has 1 unspecified atom stereocenters. The molecule has 0 fully saturated rings. The fraction of sp³-hybridized carbons (Fsp3) is 0.435. The zero-order valence-corrected chi connectivity index (χ0v) is 17.7. The summed E-state index contributed by atoms with van der Waals surface area (Å²) >= 11 is 0. The van der Waals surface area contributed by atoms with Crippen LogP contribution in [0, 0.1) is 11.6 Å². The molecule has 1 aliphatic carbocycles. The Morgan fingerprint density at radius 3 is 2.55 bits per heavy atom. The molecule has 1 heterocycles. The number of aromatic nitrogens is 1. The summed E-state index contributed by atoms with van der Waals surface area (Å²) in [6.45, 7) is 5.17. The second-order valence-electron chi connectivity index (χ2n) is 8.72. The van der Waals surface area contributed by atoms with Crippen LogP contribution in [0.5, 0.6) is 0 Å². The predicted octanol–water partition coefficient (Wildman–Crippen LogP) is 5.06. The fourth-order valence-corrected chi connectivity index (χ4v) is 4.10. The Morgan fingerprint density at radius 1 is 1.16 bits per heavy atom. The molecule has 1 aromatic heterocycles. The number of carbonyl (C=O) groups excluding carboxylic acids is 1. The molecule has 0 saturated carbocycles. The number of hydrogen-bond donors (Lipinski definition) is 2. The summed E-state index contributed by atoms with van der Waals surface area (Å²) in [6, 6.07) is 6.57. The molecular weight excluding hydrogens is 406 g/mol. The number of carbonyl (C=O) groups is 2. The summed E-state index contributed by atoms with van der Waals surface area (Å²) in [5, 5.41) is 12.2. The molecule has 0 bridgehead atoms. The summed E-state index contributed by atoms with van der Waals surface area (Å²) in [5.74, 6) is -3.99. The largest absolute Gasteiger partial charge is 0.481 e. The maximum absolute atomic E-state index is 14.8. The van der Waals surface area contributed by atoms with E-state index in [0.29, 0.717) is 24.1 Å². The third-order valence-corrected chi connectivity index (χ3v) is 5.30. The lowest BCUT2D eigenvalue weighted by Crippen LogP contribution is -2.37. The summed E-state index contributed by atoms with van der Waals surface area (Å²) in [6.07, 6.45) is 1.42. The smallest absolute Gasteiger partial charge is 0.408 e. The lowest BCUT2D eigenvalue weighted by molar-refractivity contribution is -0.137. The highest BCUT2D eigenvalue weighted by atomic mass is 19.2. The lowest BCUT2D eigenvalue weighted by atomic mass is 9.85. The highest BCUT2D eigenvalue weighted by molar-refractivity contribution is 5.69. The molecule has 0 spiro atoms. The van der Waals surface area contributed by atoms with Crippen LogP contribution >= 0.6 is 0 Å². The predicted molar refractivity (Wildman–Crippen MR) is 110 cm³/mol. The van der Waals surface area contributed by atoms with Crippen molar-refractivity contribution in [1.29, 1.82) is 0 Å². The Hall–Kier alpha value is -3.03. The van der Waals surface area contributed by atoms with Gasteiger partial charge in [-0.3, -0.25) is 9.78 Å². The number of fused-ring (bicyclic) bond motifs is 1. The summed E-state index contributed by atoms with van der Waals surface area (Å²) in [4.78, 5) is 28.4. The number of pyridine rings is 1. The van der Waals surface area contributed by atoms with E-state index in [4.69, 9.17) is 4.74 Å². The molecule has 6 nitrogen and oxygen atoms in total. The van der Waals surface area contributed by atoms with E-state index in [0.717, 1.165) is 6.07 Å².